The second-order valence-corrected chi connectivity index (χ2v) is 10.5. The van der Waals surface area contributed by atoms with E-state index in [1.807, 2.05) is 16.8 Å². The Balaban J connectivity index is 1.25. The van der Waals surface area contributed by atoms with Gasteiger partial charge in [0, 0.05) is 36.5 Å². The molecule has 0 saturated heterocycles. The van der Waals surface area contributed by atoms with Crippen LogP contribution in [0.3, 0.4) is 0 Å². The van der Waals surface area contributed by atoms with Crippen LogP contribution in [0.2, 0.25) is 4.34 Å². The molecule has 41 heavy (non-hydrogen) atoms. The van der Waals surface area contributed by atoms with E-state index < -0.39 is 0 Å². The average molecular weight is 588 g/mol. The summed E-state index contributed by atoms with van der Waals surface area (Å²) in [6.07, 6.45) is 10.3. The Morgan fingerprint density at radius 3 is 2.83 bits per heavy atom. The van der Waals surface area contributed by atoms with Crippen LogP contribution in [-0.4, -0.2) is 45.4 Å². The lowest BCUT2D eigenvalue weighted by Crippen LogP contribution is -2.21. The third-order valence-corrected chi connectivity index (χ3v) is 7.37. The number of rotatable bonds is 10. The molecule has 0 bridgehead atoms. The lowest BCUT2D eigenvalue weighted by atomic mass is 10.1. The average Bonchev–Trinajstić information content (AvgIpc) is 3.80. The number of carbonyl (C=O) groups excluding carboxylic acids is 1. The number of aromatic nitrogens is 8. The van der Waals surface area contributed by atoms with Crippen LogP contribution in [0.1, 0.15) is 27.0 Å². The Hall–Kier alpha value is -5.01. The first kappa shape index (κ1) is 26.2. The Kier molecular flexibility index (Phi) is 7.43. The van der Waals surface area contributed by atoms with Crippen LogP contribution in [0.25, 0.3) is 16.8 Å². The summed E-state index contributed by atoms with van der Waals surface area (Å²) >= 11 is 7.14. The molecule has 12 nitrogen and oxygen atoms in total. The van der Waals surface area contributed by atoms with Gasteiger partial charge in [0.1, 0.15) is 35.4 Å². The highest BCUT2D eigenvalue weighted by Gasteiger charge is 2.15. The number of thiophene rings is 1. The molecular formula is C27H22ClN9O3S. The molecule has 1 amide bonds. The van der Waals surface area contributed by atoms with Crippen molar-refractivity contribution in [1.29, 1.82) is 0 Å². The van der Waals surface area contributed by atoms with Gasteiger partial charge in [-0.25, -0.2) is 14.6 Å². The van der Waals surface area contributed by atoms with E-state index in [2.05, 4.69) is 35.6 Å². The smallest absolute Gasteiger partial charge is 0.261 e. The lowest BCUT2D eigenvalue weighted by molar-refractivity contribution is 0.0954. The monoisotopic (exact) mass is 587 g/mol. The van der Waals surface area contributed by atoms with Gasteiger partial charge in [-0.3, -0.25) is 9.59 Å². The van der Waals surface area contributed by atoms with Gasteiger partial charge in [-0.2, -0.15) is 0 Å². The highest BCUT2D eigenvalue weighted by molar-refractivity contribution is 7.18. The maximum atomic E-state index is 12.5. The molecule has 5 aromatic heterocycles. The summed E-state index contributed by atoms with van der Waals surface area (Å²) in [7, 11) is 0. The Morgan fingerprint density at radius 2 is 2.02 bits per heavy atom. The maximum Gasteiger partial charge on any atom is 0.261 e. The number of carbonyl (C=O) groups is 1. The number of nitrogens with one attached hydrogen (secondary N) is 3. The van der Waals surface area contributed by atoms with Crippen LogP contribution < -0.4 is 15.6 Å². The molecule has 14 heteroatoms. The summed E-state index contributed by atoms with van der Waals surface area (Å²) in [5.74, 6) is 1.70. The highest BCUT2D eigenvalue weighted by Crippen LogP contribution is 2.29. The predicted octanol–water partition coefficient (Wildman–Crippen LogP) is 3.81. The van der Waals surface area contributed by atoms with E-state index in [9.17, 15) is 9.59 Å². The zero-order valence-electron chi connectivity index (χ0n) is 21.3. The van der Waals surface area contributed by atoms with Crippen molar-refractivity contribution in [3.8, 4) is 22.6 Å². The standard InChI is InChI=1S/C27H22ClN9O3S/c28-23-6-5-22(41-23)27(39)33-13-18-14-37(35-34-18)20-4-3-17(19-2-1-7-32-26(19)38)12-21(20)40-16-25-31-10-11-36(25)15-24-29-8-9-30-24/h1-12,14H,13,15-16H2,(H,29,30)(H,32,38)(H,33,39). The van der Waals surface area contributed by atoms with Crippen LogP contribution in [0.5, 0.6) is 5.75 Å². The fraction of sp³-hybridized carbons (Fsp3) is 0.111. The van der Waals surface area contributed by atoms with Crippen LogP contribution in [0, 0.1) is 0 Å². The second kappa shape index (κ2) is 11.6. The van der Waals surface area contributed by atoms with Gasteiger partial charge < -0.3 is 24.6 Å². The number of halogens is 1. The number of pyridine rings is 1. The summed E-state index contributed by atoms with van der Waals surface area (Å²) in [5.41, 5.74) is 2.10. The first-order valence-electron chi connectivity index (χ1n) is 12.4. The zero-order valence-corrected chi connectivity index (χ0v) is 22.9. The Bertz CT molecular complexity index is 1860. The molecule has 206 valence electrons. The molecule has 6 rings (SSSR count). The lowest BCUT2D eigenvalue weighted by Gasteiger charge is -2.14. The van der Waals surface area contributed by atoms with Gasteiger partial charge in [0.05, 0.1) is 28.5 Å². The molecule has 0 saturated carbocycles. The van der Waals surface area contributed by atoms with Gasteiger partial charge in [0.2, 0.25) is 0 Å². The summed E-state index contributed by atoms with van der Waals surface area (Å²) < 4.78 is 10.3. The first-order valence-corrected chi connectivity index (χ1v) is 13.6. The number of H-pyrrole nitrogens is 2. The van der Waals surface area contributed by atoms with Crippen molar-refractivity contribution >= 4 is 28.8 Å². The molecule has 0 atom stereocenters. The minimum atomic E-state index is -0.247. The number of amides is 1. The number of nitrogens with zero attached hydrogens (tertiary/aromatic N) is 6. The predicted molar refractivity (Wildman–Crippen MR) is 152 cm³/mol. The highest BCUT2D eigenvalue weighted by atomic mass is 35.5. The molecule has 0 aliphatic carbocycles. The SMILES string of the molecule is O=C(NCc1cn(-c2ccc(-c3ccc[nH]c3=O)cc2OCc2nccn2Cc2ncc[nH]2)nn1)c1ccc(Cl)s1. The molecule has 6 aromatic rings. The summed E-state index contributed by atoms with van der Waals surface area (Å²) in [4.78, 5) is 39.9. The third-order valence-electron chi connectivity index (χ3n) is 6.14. The maximum absolute atomic E-state index is 12.5. The zero-order chi connectivity index (χ0) is 28.2. The molecule has 0 radical (unpaired) electrons. The van der Waals surface area contributed by atoms with E-state index in [-0.39, 0.29) is 24.6 Å². The van der Waals surface area contributed by atoms with Crippen molar-refractivity contribution in [2.24, 2.45) is 0 Å². The van der Waals surface area contributed by atoms with Crippen LogP contribution in [-0.2, 0) is 19.7 Å². The largest absolute Gasteiger partial charge is 0.483 e. The second-order valence-electron chi connectivity index (χ2n) is 8.83. The molecule has 1 aromatic carbocycles. The Labute approximate surface area is 241 Å². The minimum absolute atomic E-state index is 0.149. The summed E-state index contributed by atoms with van der Waals surface area (Å²) in [6, 6.07) is 12.2. The van der Waals surface area contributed by atoms with Crippen LogP contribution in [0.15, 0.2) is 84.4 Å². The van der Waals surface area contributed by atoms with Crippen molar-refractivity contribution in [3.63, 3.8) is 0 Å². The van der Waals surface area contributed by atoms with Crippen molar-refractivity contribution < 1.29 is 9.53 Å². The van der Waals surface area contributed by atoms with E-state index in [4.69, 9.17) is 16.3 Å². The van der Waals surface area contributed by atoms with Crippen LogP contribution in [0.4, 0.5) is 0 Å². The van der Waals surface area contributed by atoms with E-state index in [0.29, 0.717) is 49.8 Å². The van der Waals surface area contributed by atoms with E-state index in [1.54, 1.807) is 72.1 Å². The Morgan fingerprint density at radius 1 is 1.10 bits per heavy atom. The molecule has 0 fully saturated rings. The first-order chi connectivity index (χ1) is 20.0. The molecule has 3 N–H and O–H groups in total. The molecule has 5 heterocycles. The number of imidazole rings is 2. The molecule has 0 aliphatic rings. The van der Waals surface area contributed by atoms with Gasteiger partial charge in [-0.15, -0.1) is 16.4 Å². The number of aromatic amines is 2. The van der Waals surface area contributed by atoms with E-state index >= 15 is 0 Å². The fourth-order valence-corrected chi connectivity index (χ4v) is 5.10. The number of hydrogen-bond acceptors (Lipinski definition) is 8. The topological polar surface area (TPSA) is 148 Å². The van der Waals surface area contributed by atoms with E-state index in [1.165, 1.54) is 11.3 Å². The third kappa shape index (κ3) is 5.95. The summed E-state index contributed by atoms with van der Waals surface area (Å²) in [6.45, 7) is 0.830. The molecule has 0 unspecified atom stereocenters. The van der Waals surface area contributed by atoms with Crippen molar-refractivity contribution in [2.45, 2.75) is 19.7 Å². The molecule has 0 spiro atoms. The molecule has 0 aliphatic heterocycles. The fourth-order valence-electron chi connectivity index (χ4n) is 4.14. The number of ether oxygens (including phenoxy) is 1. The quantitative estimate of drug-likeness (QED) is 0.221. The van der Waals surface area contributed by atoms with Gasteiger partial charge in [-0.05, 0) is 42.0 Å². The van der Waals surface area contributed by atoms with E-state index in [0.717, 1.165) is 5.82 Å². The molecular weight excluding hydrogens is 566 g/mol. The summed E-state index contributed by atoms with van der Waals surface area (Å²) in [5, 5.41) is 11.3. The van der Waals surface area contributed by atoms with Gasteiger partial charge >= 0.3 is 0 Å². The van der Waals surface area contributed by atoms with Gasteiger partial charge in [0.25, 0.3) is 11.5 Å². The van der Waals surface area contributed by atoms with Gasteiger partial charge in [-0.1, -0.05) is 22.9 Å². The number of hydrogen-bond donors (Lipinski definition) is 3. The van der Waals surface area contributed by atoms with Crippen molar-refractivity contribution in [1.82, 2.24) is 44.8 Å². The minimum Gasteiger partial charge on any atom is -0.483 e. The van der Waals surface area contributed by atoms with Crippen molar-refractivity contribution in [3.05, 3.63) is 117 Å². The van der Waals surface area contributed by atoms with Gasteiger partial charge in [0.15, 0.2) is 0 Å². The normalized spacial score (nSPS) is 11.0. The van der Waals surface area contributed by atoms with Crippen molar-refractivity contribution in [2.75, 3.05) is 0 Å². The number of benzene rings is 1. The van der Waals surface area contributed by atoms with Crippen LogP contribution >= 0.6 is 22.9 Å².